The molecular weight excluding hydrogens is 206 g/mol. The van der Waals surface area contributed by atoms with Crippen LogP contribution >= 0.6 is 0 Å². The Morgan fingerprint density at radius 3 is 3.06 bits per heavy atom. The molecule has 6 nitrogen and oxygen atoms in total. The maximum atomic E-state index is 11.0. The minimum atomic E-state index is -0.102. The maximum absolute atomic E-state index is 11.0. The molecule has 0 atom stereocenters. The second-order valence-electron chi connectivity index (χ2n) is 3.47. The van der Waals surface area contributed by atoms with E-state index in [1.165, 1.54) is 0 Å². The average molecular weight is 219 g/mol. The summed E-state index contributed by atoms with van der Waals surface area (Å²) in [5.41, 5.74) is 1.86. The predicted molar refractivity (Wildman–Crippen MR) is 60.3 cm³/mol. The summed E-state index contributed by atoms with van der Waals surface area (Å²) in [7, 11) is 1.59. The van der Waals surface area contributed by atoms with Gasteiger partial charge in [-0.25, -0.2) is 4.52 Å². The molecule has 0 bridgehead atoms. The van der Waals surface area contributed by atoms with Gasteiger partial charge in [0.1, 0.15) is 0 Å². The lowest BCUT2D eigenvalue weighted by Crippen LogP contribution is -2.26. The molecule has 0 radical (unpaired) electrons. The Morgan fingerprint density at radius 2 is 2.31 bits per heavy atom. The van der Waals surface area contributed by atoms with Crippen molar-refractivity contribution >= 4 is 17.5 Å². The van der Waals surface area contributed by atoms with Crippen molar-refractivity contribution in [1.82, 2.24) is 19.9 Å². The molecule has 0 aliphatic carbocycles. The standard InChI is InChI=1S/C10H13N5O/c1-7-3-4-8-13-10(14-15(8)6-7)12-5-9(16)11-2/h3-4,6H,5H2,1-2H3,(H,11,16)(H,12,14). The van der Waals surface area contributed by atoms with Crippen LogP contribution in [0.25, 0.3) is 5.65 Å². The van der Waals surface area contributed by atoms with Gasteiger partial charge in [0.25, 0.3) is 0 Å². The third-order valence-corrected chi connectivity index (χ3v) is 2.16. The monoisotopic (exact) mass is 219 g/mol. The first-order valence-corrected chi connectivity index (χ1v) is 4.96. The first-order valence-electron chi connectivity index (χ1n) is 4.96. The van der Waals surface area contributed by atoms with E-state index in [-0.39, 0.29) is 12.5 Å². The zero-order chi connectivity index (χ0) is 11.5. The van der Waals surface area contributed by atoms with Gasteiger partial charge in [-0.2, -0.15) is 4.98 Å². The van der Waals surface area contributed by atoms with E-state index in [1.807, 2.05) is 25.3 Å². The Bertz CT molecular complexity index is 519. The maximum Gasteiger partial charge on any atom is 0.243 e. The number of fused-ring (bicyclic) bond motifs is 1. The Kier molecular flexibility index (Phi) is 2.72. The molecule has 0 unspecified atom stereocenters. The molecule has 0 saturated carbocycles. The SMILES string of the molecule is CNC(=O)CNc1nc2ccc(C)cn2n1. The number of aromatic nitrogens is 3. The van der Waals surface area contributed by atoms with Crippen molar-refractivity contribution in [1.29, 1.82) is 0 Å². The number of nitrogens with zero attached hydrogens (tertiary/aromatic N) is 3. The fourth-order valence-corrected chi connectivity index (χ4v) is 1.31. The summed E-state index contributed by atoms with van der Waals surface area (Å²) in [5, 5.41) is 9.56. The molecule has 2 rings (SSSR count). The molecule has 0 aliphatic heterocycles. The van der Waals surface area contributed by atoms with Crippen LogP contribution in [0, 0.1) is 6.92 Å². The topological polar surface area (TPSA) is 71.3 Å². The fourth-order valence-electron chi connectivity index (χ4n) is 1.31. The molecule has 16 heavy (non-hydrogen) atoms. The van der Waals surface area contributed by atoms with Crippen LogP contribution in [-0.2, 0) is 4.79 Å². The molecule has 2 aromatic heterocycles. The number of rotatable bonds is 3. The third kappa shape index (κ3) is 2.10. The summed E-state index contributed by atoms with van der Waals surface area (Å²) >= 11 is 0. The summed E-state index contributed by atoms with van der Waals surface area (Å²) in [6.45, 7) is 2.16. The number of amides is 1. The van der Waals surface area contributed by atoms with Gasteiger partial charge in [-0.05, 0) is 18.6 Å². The fraction of sp³-hybridized carbons (Fsp3) is 0.300. The molecule has 0 aliphatic rings. The van der Waals surface area contributed by atoms with E-state index < -0.39 is 0 Å². The van der Waals surface area contributed by atoms with Gasteiger partial charge >= 0.3 is 0 Å². The number of carbonyl (C=O) groups is 1. The molecule has 0 fully saturated rings. The average Bonchev–Trinajstić information content (AvgIpc) is 2.67. The van der Waals surface area contributed by atoms with E-state index in [9.17, 15) is 4.79 Å². The Hall–Kier alpha value is -2.11. The minimum absolute atomic E-state index is 0.102. The molecule has 2 N–H and O–H groups in total. The van der Waals surface area contributed by atoms with Gasteiger partial charge in [-0.3, -0.25) is 4.79 Å². The van der Waals surface area contributed by atoms with Crippen LogP contribution in [0.5, 0.6) is 0 Å². The highest BCUT2D eigenvalue weighted by Crippen LogP contribution is 2.06. The summed E-state index contributed by atoms with van der Waals surface area (Å²) in [4.78, 5) is 15.2. The van der Waals surface area contributed by atoms with Gasteiger partial charge in [0.15, 0.2) is 5.65 Å². The highest BCUT2D eigenvalue weighted by molar-refractivity contribution is 5.79. The number of nitrogens with one attached hydrogen (secondary N) is 2. The van der Waals surface area contributed by atoms with Crippen molar-refractivity contribution in [2.45, 2.75) is 6.92 Å². The molecule has 84 valence electrons. The molecular formula is C10H13N5O. The van der Waals surface area contributed by atoms with E-state index >= 15 is 0 Å². The van der Waals surface area contributed by atoms with Gasteiger partial charge < -0.3 is 10.6 Å². The lowest BCUT2D eigenvalue weighted by molar-refractivity contribution is -0.118. The van der Waals surface area contributed by atoms with Crippen molar-refractivity contribution in [2.75, 3.05) is 18.9 Å². The van der Waals surface area contributed by atoms with E-state index in [0.29, 0.717) is 5.95 Å². The Labute approximate surface area is 92.7 Å². The van der Waals surface area contributed by atoms with E-state index in [4.69, 9.17) is 0 Å². The van der Waals surface area contributed by atoms with Crippen molar-refractivity contribution in [3.63, 3.8) is 0 Å². The smallest absolute Gasteiger partial charge is 0.243 e. The van der Waals surface area contributed by atoms with Crippen LogP contribution in [0.2, 0.25) is 0 Å². The third-order valence-electron chi connectivity index (χ3n) is 2.16. The van der Waals surface area contributed by atoms with Crippen LogP contribution in [0.4, 0.5) is 5.95 Å². The zero-order valence-corrected chi connectivity index (χ0v) is 9.19. The summed E-state index contributed by atoms with van der Waals surface area (Å²) in [6, 6.07) is 3.85. The molecule has 0 aromatic carbocycles. The van der Waals surface area contributed by atoms with Crippen LogP contribution in [-0.4, -0.2) is 34.1 Å². The van der Waals surface area contributed by atoms with Crippen molar-refractivity contribution in [2.24, 2.45) is 0 Å². The van der Waals surface area contributed by atoms with Gasteiger partial charge in [0, 0.05) is 13.2 Å². The number of carbonyl (C=O) groups excluding carboxylic acids is 1. The summed E-state index contributed by atoms with van der Waals surface area (Å²) < 4.78 is 1.68. The van der Waals surface area contributed by atoms with Gasteiger partial charge in [0.05, 0.1) is 6.54 Å². The quantitative estimate of drug-likeness (QED) is 0.773. The van der Waals surface area contributed by atoms with Crippen LogP contribution < -0.4 is 10.6 Å². The van der Waals surface area contributed by atoms with Gasteiger partial charge in [0.2, 0.25) is 11.9 Å². The second kappa shape index (κ2) is 4.18. The van der Waals surface area contributed by atoms with Gasteiger partial charge in [-0.1, -0.05) is 6.07 Å². The molecule has 6 heteroatoms. The Balaban J connectivity index is 2.16. The number of anilines is 1. The van der Waals surface area contributed by atoms with Crippen LogP contribution in [0.3, 0.4) is 0 Å². The molecule has 2 heterocycles. The number of likely N-dealkylation sites (N-methyl/N-ethyl adjacent to an activating group) is 1. The molecule has 0 saturated heterocycles. The molecule has 0 spiro atoms. The lowest BCUT2D eigenvalue weighted by atomic mass is 10.3. The highest BCUT2D eigenvalue weighted by atomic mass is 16.1. The second-order valence-corrected chi connectivity index (χ2v) is 3.47. The number of pyridine rings is 1. The van der Waals surface area contributed by atoms with E-state index in [0.717, 1.165) is 11.2 Å². The lowest BCUT2D eigenvalue weighted by Gasteiger charge is -1.98. The molecule has 2 aromatic rings. The Morgan fingerprint density at radius 1 is 1.50 bits per heavy atom. The van der Waals surface area contributed by atoms with Crippen LogP contribution in [0.1, 0.15) is 5.56 Å². The van der Waals surface area contributed by atoms with E-state index in [1.54, 1.807) is 11.6 Å². The summed E-state index contributed by atoms with van der Waals surface area (Å²) in [5.74, 6) is 0.351. The first kappa shape index (κ1) is 10.4. The van der Waals surface area contributed by atoms with E-state index in [2.05, 4.69) is 20.7 Å². The minimum Gasteiger partial charge on any atom is -0.358 e. The normalized spacial score (nSPS) is 10.4. The van der Waals surface area contributed by atoms with Crippen molar-refractivity contribution < 1.29 is 4.79 Å². The number of aryl methyl sites for hydroxylation is 1. The molecule has 1 amide bonds. The number of hydrogen-bond acceptors (Lipinski definition) is 4. The van der Waals surface area contributed by atoms with Crippen molar-refractivity contribution in [3.05, 3.63) is 23.9 Å². The first-order chi connectivity index (χ1) is 7.69. The van der Waals surface area contributed by atoms with Gasteiger partial charge in [-0.15, -0.1) is 5.10 Å². The highest BCUT2D eigenvalue weighted by Gasteiger charge is 2.04. The zero-order valence-electron chi connectivity index (χ0n) is 9.19. The van der Waals surface area contributed by atoms with Crippen LogP contribution in [0.15, 0.2) is 18.3 Å². The summed E-state index contributed by atoms with van der Waals surface area (Å²) in [6.07, 6.45) is 1.88. The van der Waals surface area contributed by atoms with Crippen molar-refractivity contribution in [3.8, 4) is 0 Å². The largest absolute Gasteiger partial charge is 0.358 e. The number of hydrogen-bond donors (Lipinski definition) is 2. The predicted octanol–water partition coefficient (Wildman–Crippen LogP) is 0.196.